The fraction of sp³-hybridized carbons (Fsp3) is 0.500. The molecule has 1 fully saturated rings. The van der Waals surface area contributed by atoms with E-state index in [0.29, 0.717) is 6.04 Å². The molecule has 1 amide bonds. The molecule has 1 aromatic heterocycles. The number of amides is 1. The number of aryl methyl sites for hydroxylation is 1. The van der Waals surface area contributed by atoms with Crippen LogP contribution in [-0.2, 0) is 7.05 Å². The normalized spacial score (nSPS) is 16.1. The standard InChI is InChI=1S/C18H23BrN2O/c1-3-21(13-9-5-4-6-10-13)18(22)17-16(19)14-11-7-8-12-15(14)20(17)2/h7-8,11-13H,3-6,9-10H2,1-2H3. The molecule has 0 atom stereocenters. The Kier molecular flexibility index (Phi) is 4.57. The average molecular weight is 363 g/mol. The Morgan fingerprint density at radius 3 is 2.59 bits per heavy atom. The maximum atomic E-state index is 13.2. The van der Waals surface area contributed by atoms with Crippen LogP contribution in [0.5, 0.6) is 0 Å². The minimum absolute atomic E-state index is 0.153. The van der Waals surface area contributed by atoms with Crippen molar-refractivity contribution in [2.45, 2.75) is 45.1 Å². The summed E-state index contributed by atoms with van der Waals surface area (Å²) in [6, 6.07) is 8.55. The van der Waals surface area contributed by atoms with Crippen molar-refractivity contribution < 1.29 is 4.79 Å². The number of hydrogen-bond donors (Lipinski definition) is 0. The number of rotatable bonds is 3. The summed E-state index contributed by atoms with van der Waals surface area (Å²) in [7, 11) is 1.98. The van der Waals surface area contributed by atoms with Crippen molar-refractivity contribution in [3.05, 3.63) is 34.4 Å². The Hall–Kier alpha value is -1.29. The van der Waals surface area contributed by atoms with Crippen LogP contribution in [0.2, 0.25) is 0 Å². The van der Waals surface area contributed by atoms with E-state index >= 15 is 0 Å². The molecular formula is C18H23BrN2O. The monoisotopic (exact) mass is 362 g/mol. The van der Waals surface area contributed by atoms with Gasteiger partial charge in [0.05, 0.1) is 4.47 Å². The van der Waals surface area contributed by atoms with E-state index in [-0.39, 0.29) is 5.91 Å². The van der Waals surface area contributed by atoms with Crippen molar-refractivity contribution in [1.29, 1.82) is 0 Å². The highest BCUT2D eigenvalue weighted by molar-refractivity contribution is 9.10. The van der Waals surface area contributed by atoms with Gasteiger partial charge in [-0.15, -0.1) is 0 Å². The molecule has 0 spiro atoms. The maximum Gasteiger partial charge on any atom is 0.271 e. The van der Waals surface area contributed by atoms with Crippen molar-refractivity contribution in [1.82, 2.24) is 9.47 Å². The molecule has 3 rings (SSSR count). The first kappa shape index (κ1) is 15.6. The first-order chi connectivity index (χ1) is 10.6. The Morgan fingerprint density at radius 2 is 1.95 bits per heavy atom. The summed E-state index contributed by atoms with van der Waals surface area (Å²) >= 11 is 3.66. The van der Waals surface area contributed by atoms with E-state index in [1.165, 1.54) is 19.3 Å². The predicted molar refractivity (Wildman–Crippen MR) is 94.2 cm³/mol. The Bertz CT molecular complexity index is 647. The van der Waals surface area contributed by atoms with Crippen LogP contribution in [0, 0.1) is 0 Å². The van der Waals surface area contributed by atoms with Gasteiger partial charge >= 0.3 is 0 Å². The Labute approximate surface area is 140 Å². The molecule has 0 N–H and O–H groups in total. The lowest BCUT2D eigenvalue weighted by Crippen LogP contribution is -2.42. The summed E-state index contributed by atoms with van der Waals surface area (Å²) in [6.07, 6.45) is 6.07. The summed E-state index contributed by atoms with van der Waals surface area (Å²) in [5.41, 5.74) is 1.87. The molecule has 1 saturated carbocycles. The lowest BCUT2D eigenvalue weighted by molar-refractivity contribution is 0.0637. The van der Waals surface area contributed by atoms with Crippen LogP contribution < -0.4 is 0 Å². The highest BCUT2D eigenvalue weighted by Crippen LogP contribution is 2.32. The van der Waals surface area contributed by atoms with E-state index in [1.807, 2.05) is 23.7 Å². The molecule has 0 bridgehead atoms. The summed E-state index contributed by atoms with van der Waals surface area (Å²) < 4.78 is 2.94. The maximum absolute atomic E-state index is 13.2. The zero-order chi connectivity index (χ0) is 15.7. The van der Waals surface area contributed by atoms with E-state index in [2.05, 4.69) is 39.9 Å². The molecular weight excluding hydrogens is 340 g/mol. The van der Waals surface area contributed by atoms with Crippen molar-refractivity contribution >= 4 is 32.7 Å². The molecule has 2 aromatic rings. The zero-order valence-corrected chi connectivity index (χ0v) is 14.9. The van der Waals surface area contributed by atoms with Crippen LogP contribution in [0.3, 0.4) is 0 Å². The highest BCUT2D eigenvalue weighted by atomic mass is 79.9. The molecule has 0 aliphatic heterocycles. The molecule has 4 heteroatoms. The van der Waals surface area contributed by atoms with Gasteiger partial charge in [-0.05, 0) is 41.8 Å². The van der Waals surface area contributed by atoms with Gasteiger partial charge in [-0.1, -0.05) is 37.5 Å². The van der Waals surface area contributed by atoms with E-state index in [4.69, 9.17) is 0 Å². The van der Waals surface area contributed by atoms with Gasteiger partial charge in [0.1, 0.15) is 5.69 Å². The first-order valence-corrected chi connectivity index (χ1v) is 8.98. The van der Waals surface area contributed by atoms with Crippen molar-refractivity contribution in [2.24, 2.45) is 7.05 Å². The minimum atomic E-state index is 0.153. The summed E-state index contributed by atoms with van der Waals surface area (Å²) in [5, 5.41) is 1.10. The number of hydrogen-bond acceptors (Lipinski definition) is 1. The molecule has 22 heavy (non-hydrogen) atoms. The van der Waals surface area contributed by atoms with Crippen LogP contribution in [0.4, 0.5) is 0 Å². The first-order valence-electron chi connectivity index (χ1n) is 8.19. The van der Waals surface area contributed by atoms with Gasteiger partial charge in [0.2, 0.25) is 0 Å². The largest absolute Gasteiger partial charge is 0.339 e. The van der Waals surface area contributed by atoms with Crippen LogP contribution in [0.15, 0.2) is 28.7 Å². The van der Waals surface area contributed by atoms with Gasteiger partial charge < -0.3 is 9.47 Å². The molecule has 0 radical (unpaired) electrons. The smallest absolute Gasteiger partial charge is 0.271 e. The molecule has 0 saturated heterocycles. The number of para-hydroxylation sites is 1. The van der Waals surface area contributed by atoms with Crippen LogP contribution in [0.1, 0.15) is 49.5 Å². The molecule has 1 aromatic carbocycles. The van der Waals surface area contributed by atoms with Gasteiger partial charge in [-0.25, -0.2) is 0 Å². The van der Waals surface area contributed by atoms with Crippen molar-refractivity contribution in [2.75, 3.05) is 6.54 Å². The number of halogens is 1. The number of aromatic nitrogens is 1. The summed E-state index contributed by atoms with van der Waals surface area (Å²) in [6.45, 7) is 2.86. The lowest BCUT2D eigenvalue weighted by atomic mass is 9.94. The second-order valence-corrected chi connectivity index (χ2v) is 6.91. The third-order valence-corrected chi connectivity index (χ3v) is 5.67. The fourth-order valence-electron chi connectivity index (χ4n) is 3.68. The third kappa shape index (κ3) is 2.58. The minimum Gasteiger partial charge on any atom is -0.339 e. The van der Waals surface area contributed by atoms with E-state index in [9.17, 15) is 4.79 Å². The van der Waals surface area contributed by atoms with Gasteiger partial charge in [0.15, 0.2) is 0 Å². The van der Waals surface area contributed by atoms with Gasteiger partial charge in [0, 0.05) is 30.5 Å². The van der Waals surface area contributed by atoms with E-state index in [0.717, 1.165) is 40.5 Å². The molecule has 118 valence electrons. The SMILES string of the molecule is CCN(C(=O)c1c(Br)c2ccccc2n1C)C1CCCCC1. The fourth-order valence-corrected chi connectivity index (χ4v) is 4.45. The topological polar surface area (TPSA) is 25.2 Å². The molecule has 1 aliphatic rings. The predicted octanol–water partition coefficient (Wildman–Crippen LogP) is 4.74. The van der Waals surface area contributed by atoms with E-state index in [1.54, 1.807) is 0 Å². The Balaban J connectivity index is 2.00. The van der Waals surface area contributed by atoms with Crippen LogP contribution in [0.25, 0.3) is 10.9 Å². The van der Waals surface area contributed by atoms with Crippen LogP contribution >= 0.6 is 15.9 Å². The number of fused-ring (bicyclic) bond motifs is 1. The third-order valence-electron chi connectivity index (χ3n) is 4.86. The second-order valence-electron chi connectivity index (χ2n) is 6.12. The lowest BCUT2D eigenvalue weighted by Gasteiger charge is -2.33. The van der Waals surface area contributed by atoms with Crippen LogP contribution in [-0.4, -0.2) is 28.0 Å². The number of carbonyl (C=O) groups is 1. The zero-order valence-electron chi connectivity index (χ0n) is 13.3. The van der Waals surface area contributed by atoms with Gasteiger partial charge in [-0.3, -0.25) is 4.79 Å². The van der Waals surface area contributed by atoms with Gasteiger partial charge in [-0.2, -0.15) is 0 Å². The second kappa shape index (κ2) is 6.45. The number of carbonyl (C=O) groups excluding carboxylic acids is 1. The number of nitrogens with zero attached hydrogens (tertiary/aromatic N) is 2. The quantitative estimate of drug-likeness (QED) is 0.774. The number of benzene rings is 1. The molecule has 1 aliphatic carbocycles. The van der Waals surface area contributed by atoms with Crippen molar-refractivity contribution in [3.63, 3.8) is 0 Å². The average Bonchev–Trinajstić information content (AvgIpc) is 2.81. The molecule has 0 unspecified atom stereocenters. The molecule has 3 nitrogen and oxygen atoms in total. The Morgan fingerprint density at radius 1 is 1.27 bits per heavy atom. The highest BCUT2D eigenvalue weighted by Gasteiger charge is 2.29. The van der Waals surface area contributed by atoms with Crippen molar-refractivity contribution in [3.8, 4) is 0 Å². The molecule has 1 heterocycles. The van der Waals surface area contributed by atoms with E-state index < -0.39 is 0 Å². The van der Waals surface area contributed by atoms with Gasteiger partial charge in [0.25, 0.3) is 5.91 Å². The summed E-state index contributed by atoms with van der Waals surface area (Å²) in [5.74, 6) is 0.153. The summed E-state index contributed by atoms with van der Waals surface area (Å²) in [4.78, 5) is 15.2.